The predicted octanol–water partition coefficient (Wildman–Crippen LogP) is 5.47. The van der Waals surface area contributed by atoms with Crippen LogP contribution in [0.15, 0.2) is 42.5 Å². The number of benzene rings is 2. The van der Waals surface area contributed by atoms with Gasteiger partial charge in [0, 0.05) is 16.5 Å². The van der Waals surface area contributed by atoms with E-state index >= 15 is 0 Å². The number of aromatic nitrogens is 1. The lowest BCUT2D eigenvalue weighted by atomic mass is 9.98. The topological polar surface area (TPSA) is 51.0 Å². The van der Waals surface area contributed by atoms with Crippen LogP contribution in [0, 0.1) is 0 Å². The second-order valence-electron chi connectivity index (χ2n) is 6.87. The van der Waals surface area contributed by atoms with Gasteiger partial charge in [-0.2, -0.15) is 0 Å². The van der Waals surface area contributed by atoms with Gasteiger partial charge in [-0.25, -0.2) is 0 Å². The maximum absolute atomic E-state index is 5.73. The minimum absolute atomic E-state index is 0.744. The normalized spacial score (nSPS) is 11.2. The molecule has 1 aromatic heterocycles. The van der Waals surface area contributed by atoms with Crippen LogP contribution < -0.4 is 10.5 Å². The van der Waals surface area contributed by atoms with E-state index in [0.717, 1.165) is 43.5 Å². The number of H-pyrrole nitrogens is 1. The summed E-state index contributed by atoms with van der Waals surface area (Å²) in [6.07, 6.45) is 6.71. The highest BCUT2D eigenvalue weighted by molar-refractivity contribution is 5.93. The van der Waals surface area contributed by atoms with Crippen LogP contribution in [0.3, 0.4) is 0 Å². The lowest BCUT2D eigenvalue weighted by Gasteiger charge is -2.09. The molecule has 3 nitrogen and oxygen atoms in total. The Labute approximate surface area is 156 Å². The zero-order valence-corrected chi connectivity index (χ0v) is 16.0. The van der Waals surface area contributed by atoms with Crippen molar-refractivity contribution in [2.45, 2.75) is 45.4 Å². The molecule has 0 atom stereocenters. The summed E-state index contributed by atoms with van der Waals surface area (Å²) in [5, 5.41) is 1.34. The predicted molar refractivity (Wildman–Crippen MR) is 111 cm³/mol. The van der Waals surface area contributed by atoms with E-state index in [4.69, 9.17) is 10.5 Å². The Morgan fingerprint density at radius 3 is 2.58 bits per heavy atom. The largest absolute Gasteiger partial charge is 0.496 e. The van der Waals surface area contributed by atoms with E-state index in [9.17, 15) is 0 Å². The summed E-state index contributed by atoms with van der Waals surface area (Å²) in [6, 6.07) is 15.0. The van der Waals surface area contributed by atoms with Gasteiger partial charge in [-0.05, 0) is 61.9 Å². The molecule has 0 aliphatic carbocycles. The van der Waals surface area contributed by atoms with Crippen LogP contribution in [-0.2, 0) is 12.8 Å². The molecule has 3 aromatic rings. The van der Waals surface area contributed by atoms with Crippen molar-refractivity contribution >= 4 is 10.9 Å². The van der Waals surface area contributed by atoms with Gasteiger partial charge in [0.25, 0.3) is 0 Å². The number of hydrogen-bond acceptors (Lipinski definition) is 2. The van der Waals surface area contributed by atoms with Crippen molar-refractivity contribution in [3.05, 3.63) is 53.6 Å². The zero-order chi connectivity index (χ0) is 18.4. The Morgan fingerprint density at radius 2 is 1.81 bits per heavy atom. The average Bonchev–Trinajstić information content (AvgIpc) is 3.05. The molecule has 0 saturated carbocycles. The molecular weight excluding hydrogens is 320 g/mol. The van der Waals surface area contributed by atoms with E-state index in [1.54, 1.807) is 7.11 Å². The molecule has 0 bridgehead atoms. The zero-order valence-electron chi connectivity index (χ0n) is 16.0. The Balaban J connectivity index is 2.14. The number of aromatic amines is 1. The van der Waals surface area contributed by atoms with Crippen molar-refractivity contribution in [2.75, 3.05) is 13.7 Å². The molecule has 0 spiro atoms. The van der Waals surface area contributed by atoms with Crippen molar-refractivity contribution in [3.8, 4) is 17.0 Å². The van der Waals surface area contributed by atoms with Gasteiger partial charge in [0.1, 0.15) is 5.75 Å². The number of rotatable bonds is 9. The molecule has 3 rings (SSSR count). The summed E-state index contributed by atoms with van der Waals surface area (Å²) in [4.78, 5) is 3.75. The third kappa shape index (κ3) is 3.78. The van der Waals surface area contributed by atoms with E-state index < -0.39 is 0 Å². The number of nitrogens with two attached hydrogens (primary N) is 1. The summed E-state index contributed by atoms with van der Waals surface area (Å²) in [5.74, 6) is 0.911. The van der Waals surface area contributed by atoms with Gasteiger partial charge in [-0.3, -0.25) is 0 Å². The molecule has 0 fully saturated rings. The molecule has 0 aliphatic rings. The highest BCUT2D eigenvalue weighted by atomic mass is 16.5. The fourth-order valence-corrected chi connectivity index (χ4v) is 3.70. The van der Waals surface area contributed by atoms with Gasteiger partial charge >= 0.3 is 0 Å². The molecule has 0 aliphatic heterocycles. The summed E-state index contributed by atoms with van der Waals surface area (Å²) in [5.41, 5.74) is 12.1. The van der Waals surface area contributed by atoms with Gasteiger partial charge in [-0.15, -0.1) is 0 Å². The van der Waals surface area contributed by atoms with Gasteiger partial charge in [-0.1, -0.05) is 43.7 Å². The van der Waals surface area contributed by atoms with Gasteiger partial charge in [0.15, 0.2) is 0 Å². The fraction of sp³-hybridized carbons (Fsp3) is 0.391. The molecule has 3 heteroatoms. The van der Waals surface area contributed by atoms with Gasteiger partial charge in [0.05, 0.1) is 12.8 Å². The molecule has 0 unspecified atom stereocenters. The number of fused-ring (bicyclic) bond motifs is 1. The molecule has 0 saturated heterocycles. The van der Waals surface area contributed by atoms with Crippen molar-refractivity contribution in [3.63, 3.8) is 0 Å². The Kier molecular flexibility index (Phi) is 6.35. The maximum Gasteiger partial charge on any atom is 0.128 e. The van der Waals surface area contributed by atoms with E-state index in [1.807, 2.05) is 12.1 Å². The minimum atomic E-state index is 0.744. The fourth-order valence-electron chi connectivity index (χ4n) is 3.70. The molecule has 0 amide bonds. The molecule has 1 heterocycles. The SMILES string of the molecule is CCCCc1cccc2c(CCCCN)c(-c3ccccc3OC)[nH]c12. The standard InChI is InChI=1S/C23H30N2O/c1-3-4-10-17-11-9-14-18-19(12-7-8-16-24)23(25-22(17)18)20-13-5-6-15-21(20)26-2/h5-6,9,11,13-15,25H,3-4,7-8,10,12,16,24H2,1-2H3. The van der Waals surface area contributed by atoms with Gasteiger partial charge < -0.3 is 15.5 Å². The quantitative estimate of drug-likeness (QED) is 0.503. The first-order valence-electron chi connectivity index (χ1n) is 9.76. The summed E-state index contributed by atoms with van der Waals surface area (Å²) in [6.45, 7) is 2.99. The third-order valence-electron chi connectivity index (χ3n) is 5.08. The first-order valence-corrected chi connectivity index (χ1v) is 9.76. The highest BCUT2D eigenvalue weighted by Crippen LogP contribution is 2.37. The first kappa shape index (κ1) is 18.5. The number of aryl methyl sites for hydroxylation is 2. The summed E-state index contributed by atoms with van der Waals surface area (Å²) < 4.78 is 5.63. The monoisotopic (exact) mass is 350 g/mol. The van der Waals surface area contributed by atoms with Crippen molar-refractivity contribution in [1.82, 2.24) is 4.98 Å². The second kappa shape index (κ2) is 8.91. The van der Waals surface area contributed by atoms with E-state index in [2.05, 4.69) is 42.2 Å². The Morgan fingerprint density at radius 1 is 0.962 bits per heavy atom. The van der Waals surface area contributed by atoms with Crippen LogP contribution in [0.1, 0.15) is 43.7 Å². The smallest absolute Gasteiger partial charge is 0.128 e. The summed E-state index contributed by atoms with van der Waals surface area (Å²) >= 11 is 0. The van der Waals surface area contributed by atoms with E-state index in [0.29, 0.717) is 0 Å². The Bertz CT molecular complexity index is 851. The van der Waals surface area contributed by atoms with Crippen LogP contribution in [0.5, 0.6) is 5.75 Å². The second-order valence-corrected chi connectivity index (χ2v) is 6.87. The number of unbranched alkanes of at least 4 members (excludes halogenated alkanes) is 2. The Hall–Kier alpha value is -2.26. The van der Waals surface area contributed by atoms with Crippen molar-refractivity contribution in [2.24, 2.45) is 5.73 Å². The van der Waals surface area contributed by atoms with Crippen LogP contribution >= 0.6 is 0 Å². The van der Waals surface area contributed by atoms with Crippen LogP contribution in [0.2, 0.25) is 0 Å². The van der Waals surface area contributed by atoms with Crippen LogP contribution in [0.4, 0.5) is 0 Å². The maximum atomic E-state index is 5.73. The van der Waals surface area contributed by atoms with Crippen LogP contribution in [0.25, 0.3) is 22.2 Å². The number of methoxy groups -OCH3 is 1. The molecule has 0 radical (unpaired) electrons. The minimum Gasteiger partial charge on any atom is -0.496 e. The van der Waals surface area contributed by atoms with E-state index in [1.165, 1.54) is 40.6 Å². The van der Waals surface area contributed by atoms with E-state index in [-0.39, 0.29) is 0 Å². The molecule has 2 aromatic carbocycles. The average molecular weight is 351 g/mol. The lowest BCUT2D eigenvalue weighted by molar-refractivity contribution is 0.416. The third-order valence-corrected chi connectivity index (χ3v) is 5.08. The number of para-hydroxylation sites is 2. The molecule has 138 valence electrons. The van der Waals surface area contributed by atoms with Gasteiger partial charge in [0.2, 0.25) is 0 Å². The lowest BCUT2D eigenvalue weighted by Crippen LogP contribution is -1.99. The molecular formula is C23H30N2O. The van der Waals surface area contributed by atoms with Crippen molar-refractivity contribution < 1.29 is 4.74 Å². The van der Waals surface area contributed by atoms with Crippen molar-refractivity contribution in [1.29, 1.82) is 0 Å². The number of nitrogens with one attached hydrogen (secondary N) is 1. The molecule has 26 heavy (non-hydrogen) atoms. The summed E-state index contributed by atoms with van der Waals surface area (Å²) in [7, 11) is 1.74. The number of ether oxygens (including phenoxy) is 1. The first-order chi connectivity index (χ1) is 12.8. The highest BCUT2D eigenvalue weighted by Gasteiger charge is 2.17. The van der Waals surface area contributed by atoms with Crippen LogP contribution in [-0.4, -0.2) is 18.6 Å². The molecule has 3 N–H and O–H groups in total. The number of hydrogen-bond donors (Lipinski definition) is 2.